The second-order valence-corrected chi connectivity index (χ2v) is 5.52. The maximum atomic E-state index is 13.2. The summed E-state index contributed by atoms with van der Waals surface area (Å²) in [6, 6.07) is 7.47. The molecule has 0 radical (unpaired) electrons. The number of hydrogen-bond donors (Lipinski definition) is 1. The van der Waals surface area contributed by atoms with Gasteiger partial charge in [-0.25, -0.2) is 8.78 Å². The lowest BCUT2D eigenvalue weighted by Crippen LogP contribution is -2.48. The van der Waals surface area contributed by atoms with Crippen LogP contribution in [-0.4, -0.2) is 36.4 Å². The SMILES string of the molecule is O=C([C@@H]1NCCc2ccccc21)N1CCC(F)(F)CC1. The molecule has 2 aliphatic heterocycles. The highest BCUT2D eigenvalue weighted by atomic mass is 19.3. The van der Waals surface area contributed by atoms with Crippen LogP contribution >= 0.6 is 0 Å². The molecule has 1 aromatic rings. The van der Waals surface area contributed by atoms with Crippen LogP contribution in [-0.2, 0) is 11.2 Å². The smallest absolute Gasteiger partial charge is 0.251 e. The lowest BCUT2D eigenvalue weighted by Gasteiger charge is -2.36. The Kier molecular flexibility index (Phi) is 3.46. The van der Waals surface area contributed by atoms with Crippen LogP contribution in [0.5, 0.6) is 0 Å². The Labute approximate surface area is 117 Å². The molecule has 0 bridgehead atoms. The van der Waals surface area contributed by atoms with Crippen molar-refractivity contribution >= 4 is 5.91 Å². The molecule has 3 nitrogen and oxygen atoms in total. The second kappa shape index (κ2) is 5.13. The van der Waals surface area contributed by atoms with E-state index in [1.54, 1.807) is 4.90 Å². The van der Waals surface area contributed by atoms with Gasteiger partial charge in [0, 0.05) is 32.5 Å². The van der Waals surface area contributed by atoms with E-state index in [1.165, 1.54) is 5.56 Å². The topological polar surface area (TPSA) is 32.3 Å². The molecule has 1 aromatic carbocycles. The molecule has 1 amide bonds. The third kappa shape index (κ3) is 2.54. The summed E-state index contributed by atoms with van der Waals surface area (Å²) in [6.07, 6.45) is 0.443. The van der Waals surface area contributed by atoms with Gasteiger partial charge >= 0.3 is 0 Å². The number of hydrogen-bond acceptors (Lipinski definition) is 2. The van der Waals surface area contributed by atoms with Crippen LogP contribution in [0.2, 0.25) is 0 Å². The molecule has 108 valence electrons. The number of nitrogens with zero attached hydrogens (tertiary/aromatic N) is 1. The molecule has 3 rings (SSSR count). The highest BCUT2D eigenvalue weighted by Gasteiger charge is 2.38. The first-order valence-corrected chi connectivity index (χ1v) is 7.05. The van der Waals surface area contributed by atoms with Crippen LogP contribution in [0.1, 0.15) is 30.0 Å². The van der Waals surface area contributed by atoms with Crippen molar-refractivity contribution in [3.8, 4) is 0 Å². The van der Waals surface area contributed by atoms with E-state index >= 15 is 0 Å². The van der Waals surface area contributed by atoms with E-state index in [4.69, 9.17) is 0 Å². The van der Waals surface area contributed by atoms with Gasteiger partial charge in [0.2, 0.25) is 5.91 Å². The number of amides is 1. The third-order valence-corrected chi connectivity index (χ3v) is 4.16. The number of rotatable bonds is 1. The number of fused-ring (bicyclic) bond motifs is 1. The molecule has 1 saturated heterocycles. The van der Waals surface area contributed by atoms with Crippen LogP contribution in [0.4, 0.5) is 8.78 Å². The molecule has 1 N–H and O–H groups in total. The molecule has 20 heavy (non-hydrogen) atoms. The van der Waals surface area contributed by atoms with E-state index in [0.717, 1.165) is 18.5 Å². The molecule has 0 aliphatic carbocycles. The maximum absolute atomic E-state index is 13.2. The molecule has 1 atom stereocenters. The largest absolute Gasteiger partial charge is 0.341 e. The number of nitrogens with one attached hydrogen (secondary N) is 1. The molecule has 2 heterocycles. The first-order valence-electron chi connectivity index (χ1n) is 7.05. The molecule has 0 saturated carbocycles. The van der Waals surface area contributed by atoms with Crippen LogP contribution < -0.4 is 5.32 Å². The molecule has 5 heteroatoms. The standard InChI is InChI=1S/C15H18F2N2O/c16-15(17)6-9-19(10-7-15)14(20)13-12-4-2-1-3-11(12)5-8-18-13/h1-4,13,18H,5-10H2/t13-/m1/s1. The van der Waals surface area contributed by atoms with Gasteiger partial charge in [-0.3, -0.25) is 4.79 Å². The number of carbonyl (C=O) groups is 1. The zero-order valence-corrected chi connectivity index (χ0v) is 11.2. The van der Waals surface area contributed by atoms with Gasteiger partial charge in [-0.1, -0.05) is 24.3 Å². The van der Waals surface area contributed by atoms with E-state index in [9.17, 15) is 13.6 Å². The first-order chi connectivity index (χ1) is 9.57. The third-order valence-electron chi connectivity index (χ3n) is 4.16. The predicted molar refractivity (Wildman–Crippen MR) is 71.7 cm³/mol. The van der Waals surface area contributed by atoms with E-state index in [1.807, 2.05) is 24.3 Å². The minimum atomic E-state index is -2.62. The zero-order valence-electron chi connectivity index (χ0n) is 11.2. The highest BCUT2D eigenvalue weighted by Crippen LogP contribution is 2.30. The van der Waals surface area contributed by atoms with Gasteiger partial charge in [-0.2, -0.15) is 0 Å². The lowest BCUT2D eigenvalue weighted by molar-refractivity contribution is -0.139. The van der Waals surface area contributed by atoms with E-state index in [0.29, 0.717) is 0 Å². The van der Waals surface area contributed by atoms with Crippen molar-refractivity contribution in [2.75, 3.05) is 19.6 Å². The predicted octanol–water partition coefficient (Wildman–Crippen LogP) is 2.13. The van der Waals surface area contributed by atoms with Gasteiger partial charge < -0.3 is 10.2 Å². The Morgan fingerprint density at radius 1 is 1.25 bits per heavy atom. The van der Waals surface area contributed by atoms with Crippen molar-refractivity contribution in [3.05, 3.63) is 35.4 Å². The first kappa shape index (κ1) is 13.5. The summed E-state index contributed by atoms with van der Waals surface area (Å²) in [4.78, 5) is 14.1. The average molecular weight is 280 g/mol. The molecule has 0 unspecified atom stereocenters. The van der Waals surface area contributed by atoms with Crippen molar-refractivity contribution in [2.45, 2.75) is 31.2 Å². The van der Waals surface area contributed by atoms with Crippen LogP contribution in [0.3, 0.4) is 0 Å². The molecule has 1 fully saturated rings. The minimum Gasteiger partial charge on any atom is -0.341 e. The fourth-order valence-electron chi connectivity index (χ4n) is 2.96. The van der Waals surface area contributed by atoms with Gasteiger partial charge in [-0.15, -0.1) is 0 Å². The van der Waals surface area contributed by atoms with Crippen LogP contribution in [0.25, 0.3) is 0 Å². The van der Waals surface area contributed by atoms with Crippen molar-refractivity contribution in [1.82, 2.24) is 10.2 Å². The Morgan fingerprint density at radius 2 is 1.95 bits per heavy atom. The van der Waals surface area contributed by atoms with Crippen molar-refractivity contribution in [1.29, 1.82) is 0 Å². The summed E-state index contributed by atoms with van der Waals surface area (Å²) in [5.41, 5.74) is 2.16. The van der Waals surface area contributed by atoms with Crippen molar-refractivity contribution < 1.29 is 13.6 Å². The van der Waals surface area contributed by atoms with Crippen LogP contribution in [0.15, 0.2) is 24.3 Å². The Hall–Kier alpha value is -1.49. The molecule has 0 aromatic heterocycles. The van der Waals surface area contributed by atoms with E-state index in [-0.39, 0.29) is 37.9 Å². The summed E-state index contributed by atoms with van der Waals surface area (Å²) in [5, 5.41) is 3.21. The fourth-order valence-corrected chi connectivity index (χ4v) is 2.96. The molecule has 2 aliphatic rings. The highest BCUT2D eigenvalue weighted by molar-refractivity contribution is 5.84. The van der Waals surface area contributed by atoms with Gasteiger partial charge in [0.1, 0.15) is 6.04 Å². The summed E-state index contributed by atoms with van der Waals surface area (Å²) in [5.74, 6) is -2.69. The average Bonchev–Trinajstić information content (AvgIpc) is 2.46. The molecular formula is C15H18F2N2O. The summed E-state index contributed by atoms with van der Waals surface area (Å²) < 4.78 is 26.3. The molecule has 0 spiro atoms. The number of halogens is 2. The number of benzene rings is 1. The lowest BCUT2D eigenvalue weighted by atomic mass is 9.93. The van der Waals surface area contributed by atoms with Gasteiger partial charge in [0.25, 0.3) is 5.92 Å². The monoisotopic (exact) mass is 280 g/mol. The summed E-state index contributed by atoms with van der Waals surface area (Å²) >= 11 is 0. The summed E-state index contributed by atoms with van der Waals surface area (Å²) in [7, 11) is 0. The second-order valence-electron chi connectivity index (χ2n) is 5.52. The van der Waals surface area contributed by atoms with Crippen LogP contribution in [0, 0.1) is 0 Å². The minimum absolute atomic E-state index is 0.0762. The number of piperidine rings is 1. The normalized spacial score (nSPS) is 25.1. The van der Waals surface area contributed by atoms with Crippen molar-refractivity contribution in [2.24, 2.45) is 0 Å². The fraction of sp³-hybridized carbons (Fsp3) is 0.533. The Bertz CT molecular complexity index is 508. The number of carbonyl (C=O) groups excluding carboxylic acids is 1. The zero-order chi connectivity index (χ0) is 14.2. The van der Waals surface area contributed by atoms with E-state index < -0.39 is 5.92 Å². The summed E-state index contributed by atoms with van der Waals surface area (Å²) in [6.45, 7) is 1.04. The van der Waals surface area contributed by atoms with Crippen molar-refractivity contribution in [3.63, 3.8) is 0 Å². The quantitative estimate of drug-likeness (QED) is 0.854. The Morgan fingerprint density at radius 3 is 2.70 bits per heavy atom. The molecular weight excluding hydrogens is 262 g/mol. The van der Waals surface area contributed by atoms with Gasteiger partial charge in [0.05, 0.1) is 0 Å². The number of likely N-dealkylation sites (tertiary alicyclic amines) is 1. The number of alkyl halides is 2. The Balaban J connectivity index is 1.76. The van der Waals surface area contributed by atoms with Gasteiger partial charge in [-0.05, 0) is 17.5 Å². The van der Waals surface area contributed by atoms with E-state index in [2.05, 4.69) is 5.32 Å². The van der Waals surface area contributed by atoms with Gasteiger partial charge in [0.15, 0.2) is 0 Å². The maximum Gasteiger partial charge on any atom is 0.251 e.